The minimum atomic E-state index is -0.596. The van der Waals surface area contributed by atoms with Crippen LogP contribution in [0.1, 0.15) is 69.2 Å². The number of thiazole rings is 1. The van der Waals surface area contributed by atoms with E-state index in [2.05, 4.69) is 32.9 Å². The maximum Gasteiger partial charge on any atom is 0.338 e. The van der Waals surface area contributed by atoms with Crippen LogP contribution >= 0.6 is 11.3 Å². The Kier molecular flexibility index (Phi) is 7.89. The number of benzene rings is 2. The quantitative estimate of drug-likeness (QED) is 0.417. The van der Waals surface area contributed by atoms with Crippen molar-refractivity contribution in [2.75, 3.05) is 13.7 Å². The van der Waals surface area contributed by atoms with Gasteiger partial charge in [-0.05, 0) is 54.2 Å². The van der Waals surface area contributed by atoms with Crippen LogP contribution in [0.15, 0.2) is 69.6 Å². The van der Waals surface area contributed by atoms with Crippen LogP contribution in [0.25, 0.3) is 6.08 Å². The van der Waals surface area contributed by atoms with E-state index in [-0.39, 0.29) is 12.2 Å². The van der Waals surface area contributed by atoms with Gasteiger partial charge in [0.15, 0.2) is 4.80 Å². The maximum atomic E-state index is 13.8. The predicted octanol–water partition coefficient (Wildman–Crippen LogP) is 4.71. The molecule has 0 radical (unpaired) electrons. The fraction of sp³-hybridized carbons (Fsp3) is 0.345. The van der Waals surface area contributed by atoms with Crippen molar-refractivity contribution in [3.05, 3.63) is 96.2 Å². The molecule has 1 atom stereocenters. The first kappa shape index (κ1) is 25.6. The highest BCUT2D eigenvalue weighted by Crippen LogP contribution is 2.33. The summed E-state index contributed by atoms with van der Waals surface area (Å²) in [5, 5.41) is 0. The fourth-order valence-electron chi connectivity index (χ4n) is 4.35. The van der Waals surface area contributed by atoms with Gasteiger partial charge in [0.1, 0.15) is 5.75 Å². The number of carbonyl (C=O) groups excluding carboxylic acids is 1. The molecule has 0 saturated heterocycles. The number of methoxy groups -OCH3 is 1. The van der Waals surface area contributed by atoms with Gasteiger partial charge in [-0.25, -0.2) is 9.79 Å². The van der Waals surface area contributed by atoms with Gasteiger partial charge < -0.3 is 9.47 Å². The molecule has 2 aromatic carbocycles. The highest BCUT2D eigenvalue weighted by molar-refractivity contribution is 7.07. The topological polar surface area (TPSA) is 69.9 Å². The average molecular weight is 505 g/mol. The second kappa shape index (κ2) is 11.1. The molecule has 36 heavy (non-hydrogen) atoms. The summed E-state index contributed by atoms with van der Waals surface area (Å²) in [6, 6.07) is 15.1. The molecule has 0 aliphatic carbocycles. The van der Waals surface area contributed by atoms with Crippen molar-refractivity contribution < 1.29 is 14.3 Å². The SMILES string of the molecule is CCCC1=C(C(=O)OCC)C(c2ccc(C(C)C)cc2)n2c(s/c(=C\c3ccc(OC)cc3)c2=O)=N1. The van der Waals surface area contributed by atoms with Crippen LogP contribution < -0.4 is 19.6 Å². The van der Waals surface area contributed by atoms with Crippen LogP contribution in [0.3, 0.4) is 0 Å². The summed E-state index contributed by atoms with van der Waals surface area (Å²) in [5.41, 5.74) is 3.90. The summed E-state index contributed by atoms with van der Waals surface area (Å²) < 4.78 is 12.9. The van der Waals surface area contributed by atoms with E-state index in [4.69, 9.17) is 14.5 Å². The number of carbonyl (C=O) groups is 1. The monoisotopic (exact) mass is 504 g/mol. The molecule has 7 heteroatoms. The fourth-order valence-corrected chi connectivity index (χ4v) is 5.37. The lowest BCUT2D eigenvalue weighted by Crippen LogP contribution is -2.40. The third-order valence-electron chi connectivity index (χ3n) is 6.22. The summed E-state index contributed by atoms with van der Waals surface area (Å²) in [5.74, 6) is 0.704. The van der Waals surface area contributed by atoms with Crippen LogP contribution in [0.4, 0.5) is 0 Å². The van der Waals surface area contributed by atoms with E-state index in [0.717, 1.165) is 23.3 Å². The highest BCUT2D eigenvalue weighted by Gasteiger charge is 2.34. The first-order chi connectivity index (χ1) is 17.4. The first-order valence-corrected chi connectivity index (χ1v) is 13.1. The normalized spacial score (nSPS) is 15.6. The molecule has 3 aromatic rings. The van der Waals surface area contributed by atoms with Gasteiger partial charge in [-0.15, -0.1) is 0 Å². The minimum absolute atomic E-state index is 0.176. The number of allylic oxidation sites excluding steroid dienone is 1. The number of hydrogen-bond acceptors (Lipinski definition) is 6. The van der Waals surface area contributed by atoms with Crippen molar-refractivity contribution in [1.82, 2.24) is 4.57 Å². The van der Waals surface area contributed by atoms with Crippen molar-refractivity contribution in [2.45, 2.75) is 52.5 Å². The third kappa shape index (κ3) is 5.07. The van der Waals surface area contributed by atoms with Gasteiger partial charge in [-0.3, -0.25) is 9.36 Å². The Morgan fingerprint density at radius 1 is 1.11 bits per heavy atom. The van der Waals surface area contributed by atoms with Gasteiger partial charge in [0.05, 0.1) is 35.6 Å². The zero-order valence-electron chi connectivity index (χ0n) is 21.4. The molecule has 0 spiro atoms. The standard InChI is InChI=1S/C29H32N2O4S/c1-6-8-23-25(28(33)35-7-2)26(21-13-11-20(12-14-21)18(3)4)31-27(32)24(36-29(31)30-23)17-19-9-15-22(34-5)16-10-19/h9-18,26H,6-8H2,1-5H3/b24-17-. The van der Waals surface area contributed by atoms with Crippen LogP contribution in [-0.4, -0.2) is 24.3 Å². The van der Waals surface area contributed by atoms with Crippen molar-refractivity contribution >= 4 is 23.4 Å². The summed E-state index contributed by atoms with van der Waals surface area (Å²) in [6.07, 6.45) is 3.30. The number of fused-ring (bicyclic) bond motifs is 1. The summed E-state index contributed by atoms with van der Waals surface area (Å²) in [7, 11) is 1.62. The van der Waals surface area contributed by atoms with E-state index in [0.29, 0.717) is 32.9 Å². The summed E-state index contributed by atoms with van der Waals surface area (Å²) in [4.78, 5) is 32.4. The van der Waals surface area contributed by atoms with Gasteiger partial charge in [0.25, 0.3) is 5.56 Å². The molecule has 1 aliphatic heterocycles. The zero-order chi connectivity index (χ0) is 25.8. The van der Waals surface area contributed by atoms with E-state index in [1.54, 1.807) is 18.6 Å². The molecule has 0 bridgehead atoms. The molecule has 1 unspecified atom stereocenters. The smallest absolute Gasteiger partial charge is 0.338 e. The molecule has 1 aromatic heterocycles. The Morgan fingerprint density at radius 3 is 2.39 bits per heavy atom. The molecule has 2 heterocycles. The molecule has 1 aliphatic rings. The van der Waals surface area contributed by atoms with E-state index < -0.39 is 12.0 Å². The second-order valence-electron chi connectivity index (χ2n) is 9.01. The Balaban J connectivity index is 1.94. The molecule has 188 valence electrons. The van der Waals surface area contributed by atoms with E-state index in [1.807, 2.05) is 42.5 Å². The number of nitrogens with zero attached hydrogens (tertiary/aromatic N) is 2. The van der Waals surface area contributed by atoms with E-state index >= 15 is 0 Å². The van der Waals surface area contributed by atoms with Gasteiger partial charge in [0.2, 0.25) is 0 Å². The van der Waals surface area contributed by atoms with Gasteiger partial charge in [-0.2, -0.15) is 0 Å². The lowest BCUT2D eigenvalue weighted by atomic mass is 9.92. The number of hydrogen-bond donors (Lipinski definition) is 0. The van der Waals surface area contributed by atoms with E-state index in [1.165, 1.54) is 16.9 Å². The van der Waals surface area contributed by atoms with Gasteiger partial charge in [-0.1, -0.05) is 74.9 Å². The Labute approximate surface area is 215 Å². The van der Waals surface area contributed by atoms with E-state index in [9.17, 15) is 9.59 Å². The van der Waals surface area contributed by atoms with Gasteiger partial charge in [0, 0.05) is 0 Å². The van der Waals surface area contributed by atoms with Gasteiger partial charge >= 0.3 is 5.97 Å². The summed E-state index contributed by atoms with van der Waals surface area (Å²) in [6.45, 7) is 8.37. The minimum Gasteiger partial charge on any atom is -0.497 e. The summed E-state index contributed by atoms with van der Waals surface area (Å²) >= 11 is 1.34. The largest absolute Gasteiger partial charge is 0.497 e. The first-order valence-electron chi connectivity index (χ1n) is 12.3. The molecule has 6 nitrogen and oxygen atoms in total. The molecule has 0 N–H and O–H groups in total. The second-order valence-corrected chi connectivity index (χ2v) is 10.0. The lowest BCUT2D eigenvalue weighted by Gasteiger charge is -2.26. The third-order valence-corrected chi connectivity index (χ3v) is 7.21. The Morgan fingerprint density at radius 2 is 1.81 bits per heavy atom. The lowest BCUT2D eigenvalue weighted by molar-refractivity contribution is -0.139. The number of ether oxygens (including phenoxy) is 2. The molecule has 4 rings (SSSR count). The molecule has 0 fully saturated rings. The number of aromatic nitrogens is 1. The predicted molar refractivity (Wildman–Crippen MR) is 143 cm³/mol. The zero-order valence-corrected chi connectivity index (χ0v) is 22.2. The van der Waals surface area contributed by atoms with Crippen LogP contribution in [-0.2, 0) is 9.53 Å². The van der Waals surface area contributed by atoms with Crippen LogP contribution in [0.2, 0.25) is 0 Å². The Hall–Kier alpha value is -3.45. The number of esters is 1. The Bertz CT molecular complexity index is 1440. The molecule has 0 amide bonds. The average Bonchev–Trinajstić information content (AvgIpc) is 3.18. The highest BCUT2D eigenvalue weighted by atomic mass is 32.1. The van der Waals surface area contributed by atoms with Crippen LogP contribution in [0, 0.1) is 0 Å². The molecule has 0 saturated carbocycles. The maximum absolute atomic E-state index is 13.8. The number of rotatable bonds is 8. The van der Waals surface area contributed by atoms with Crippen molar-refractivity contribution in [3.63, 3.8) is 0 Å². The van der Waals surface area contributed by atoms with Crippen LogP contribution in [0.5, 0.6) is 5.75 Å². The van der Waals surface area contributed by atoms with Crippen molar-refractivity contribution in [1.29, 1.82) is 0 Å². The van der Waals surface area contributed by atoms with Crippen molar-refractivity contribution in [2.24, 2.45) is 4.99 Å². The molecular weight excluding hydrogens is 472 g/mol. The molecular formula is C29H32N2O4S. The van der Waals surface area contributed by atoms with Crippen molar-refractivity contribution in [3.8, 4) is 5.75 Å².